The molecule has 0 aliphatic carbocycles. The first-order chi connectivity index (χ1) is 27.7. The Morgan fingerprint density at radius 1 is 0.482 bits per heavy atom. The maximum absolute atomic E-state index is 12.0. The van der Waals surface area contributed by atoms with Crippen molar-refractivity contribution in [3.8, 4) is 0 Å². The number of amides is 1. The lowest BCUT2D eigenvalue weighted by Crippen LogP contribution is -2.28. The Kier molecular flexibility index (Phi) is 38.8. The monoisotopic (exact) mass is 805 g/mol. The molecule has 0 fully saturated rings. The zero-order valence-electron chi connectivity index (χ0n) is 34.1. The summed E-state index contributed by atoms with van der Waals surface area (Å²) in [6.45, 7) is 15.2. The van der Waals surface area contributed by atoms with E-state index >= 15 is 0 Å². The molecule has 1 unspecified atom stereocenters. The molecule has 1 amide bonds. The van der Waals surface area contributed by atoms with Crippen molar-refractivity contribution >= 4 is 12.1 Å². The number of nitrogens with one attached hydrogen (secondary N) is 1. The van der Waals surface area contributed by atoms with Crippen LogP contribution in [-0.4, -0.2) is 171 Å². The molecule has 1 rings (SSSR count). The van der Waals surface area contributed by atoms with Gasteiger partial charge in [0.15, 0.2) is 0 Å². The molecule has 16 nitrogen and oxygen atoms in total. The van der Waals surface area contributed by atoms with Crippen molar-refractivity contribution in [3.63, 3.8) is 0 Å². The van der Waals surface area contributed by atoms with Gasteiger partial charge in [0.2, 0.25) is 0 Å². The average molecular weight is 806 g/mol. The molecule has 1 N–H and O–H groups in total. The minimum absolute atomic E-state index is 0.00948. The highest BCUT2D eigenvalue weighted by atomic mass is 16.6. The van der Waals surface area contributed by atoms with Crippen LogP contribution in [0, 0.1) is 5.92 Å². The van der Waals surface area contributed by atoms with Gasteiger partial charge in [-0.25, -0.2) is 4.79 Å². The van der Waals surface area contributed by atoms with Crippen LogP contribution < -0.4 is 5.32 Å². The van der Waals surface area contributed by atoms with Crippen LogP contribution in [0.25, 0.3) is 0 Å². The lowest BCUT2D eigenvalue weighted by atomic mass is 10.00. The van der Waals surface area contributed by atoms with Crippen molar-refractivity contribution in [3.05, 3.63) is 35.9 Å². The zero-order valence-corrected chi connectivity index (χ0v) is 34.1. The third kappa shape index (κ3) is 35.9. The van der Waals surface area contributed by atoms with Gasteiger partial charge < -0.3 is 66.9 Å². The van der Waals surface area contributed by atoms with Gasteiger partial charge in [0.25, 0.3) is 0 Å². The Balaban J connectivity index is 1.65. The number of ether oxygens (including phenoxy) is 13. The number of benzene rings is 1. The predicted octanol–water partition coefficient (Wildman–Crippen LogP) is 3.86. The lowest BCUT2D eigenvalue weighted by molar-refractivity contribution is -0.150. The standard InChI is InChI=1S/C40H71NO15/c1-3-5-11-38(4-2)39(42)55-35-34-54-33-32-53-31-30-52-29-28-51-27-26-50-25-24-49-23-22-48-21-20-47-19-18-46-17-16-45-15-14-44-13-12-41-40(43)56-36-37-9-7-6-8-10-37/h6-10,38H,3-5,11-36H2,1-2H3,(H,41,43). The Hall–Kier alpha value is -2.48. The van der Waals surface area contributed by atoms with Crippen molar-refractivity contribution in [2.75, 3.05) is 159 Å². The average Bonchev–Trinajstić information content (AvgIpc) is 3.21. The number of carbonyl (C=O) groups excluding carboxylic acids is 2. The van der Waals surface area contributed by atoms with Gasteiger partial charge in [0.05, 0.1) is 151 Å². The van der Waals surface area contributed by atoms with Gasteiger partial charge in [-0.2, -0.15) is 0 Å². The van der Waals surface area contributed by atoms with Crippen molar-refractivity contribution in [2.24, 2.45) is 5.92 Å². The topological polar surface area (TPSA) is 166 Å². The highest BCUT2D eigenvalue weighted by molar-refractivity contribution is 5.72. The molecule has 1 atom stereocenters. The van der Waals surface area contributed by atoms with Crippen LogP contribution in [0.15, 0.2) is 30.3 Å². The van der Waals surface area contributed by atoms with Crippen LogP contribution >= 0.6 is 0 Å². The Labute approximate surface area is 334 Å². The van der Waals surface area contributed by atoms with Crippen LogP contribution in [0.4, 0.5) is 4.79 Å². The summed E-state index contributed by atoms with van der Waals surface area (Å²) in [6.07, 6.45) is 3.34. The fourth-order valence-corrected chi connectivity index (χ4v) is 4.56. The summed E-state index contributed by atoms with van der Waals surface area (Å²) < 4.78 is 70.7. The largest absolute Gasteiger partial charge is 0.463 e. The molecular formula is C40H71NO15. The summed E-state index contributed by atoms with van der Waals surface area (Å²) in [7, 11) is 0. The highest BCUT2D eigenvalue weighted by Gasteiger charge is 2.17. The number of esters is 1. The van der Waals surface area contributed by atoms with Crippen LogP contribution in [0.3, 0.4) is 0 Å². The zero-order chi connectivity index (χ0) is 40.3. The minimum Gasteiger partial charge on any atom is -0.463 e. The summed E-state index contributed by atoms with van der Waals surface area (Å²) in [6, 6.07) is 9.50. The molecule has 0 aromatic heterocycles. The minimum atomic E-state index is -0.472. The first-order valence-electron chi connectivity index (χ1n) is 20.1. The van der Waals surface area contributed by atoms with Gasteiger partial charge in [-0.3, -0.25) is 4.79 Å². The van der Waals surface area contributed by atoms with E-state index in [2.05, 4.69) is 12.2 Å². The van der Waals surface area contributed by atoms with Gasteiger partial charge in [-0.15, -0.1) is 0 Å². The van der Waals surface area contributed by atoms with Gasteiger partial charge in [0, 0.05) is 6.54 Å². The number of carbonyl (C=O) groups is 2. The molecule has 1 aromatic carbocycles. The summed E-state index contributed by atoms with van der Waals surface area (Å²) >= 11 is 0. The third-order valence-corrected chi connectivity index (χ3v) is 7.65. The van der Waals surface area contributed by atoms with E-state index in [1.807, 2.05) is 37.3 Å². The molecule has 0 aliphatic heterocycles. The highest BCUT2D eigenvalue weighted by Crippen LogP contribution is 2.14. The molecule has 0 heterocycles. The maximum atomic E-state index is 12.0. The summed E-state index contributed by atoms with van der Waals surface area (Å²) in [4.78, 5) is 23.7. The lowest BCUT2D eigenvalue weighted by Gasteiger charge is -2.13. The van der Waals surface area contributed by atoms with Crippen molar-refractivity contribution < 1.29 is 71.2 Å². The quantitative estimate of drug-likeness (QED) is 0.0747. The Morgan fingerprint density at radius 2 is 0.839 bits per heavy atom. The number of rotatable bonds is 43. The smallest absolute Gasteiger partial charge is 0.407 e. The van der Waals surface area contributed by atoms with E-state index in [1.54, 1.807) is 0 Å². The second kappa shape index (κ2) is 42.1. The Morgan fingerprint density at radius 3 is 1.20 bits per heavy atom. The van der Waals surface area contributed by atoms with Crippen LogP contribution in [-0.2, 0) is 73.0 Å². The van der Waals surface area contributed by atoms with Gasteiger partial charge in [-0.1, -0.05) is 57.0 Å². The molecule has 0 aliphatic rings. The number of hydrogen-bond acceptors (Lipinski definition) is 15. The molecule has 0 bridgehead atoms. The van der Waals surface area contributed by atoms with E-state index in [-0.39, 0.29) is 25.1 Å². The normalized spacial score (nSPS) is 11.8. The second-order valence-electron chi connectivity index (χ2n) is 12.1. The fourth-order valence-electron chi connectivity index (χ4n) is 4.56. The van der Waals surface area contributed by atoms with Crippen LogP contribution in [0.1, 0.15) is 45.1 Å². The summed E-state index contributed by atoms with van der Waals surface area (Å²) in [5.74, 6) is -0.134. The predicted molar refractivity (Wildman–Crippen MR) is 208 cm³/mol. The molecule has 0 radical (unpaired) electrons. The fraction of sp³-hybridized carbons (Fsp3) is 0.800. The molecule has 0 saturated carbocycles. The molecular weight excluding hydrogens is 734 g/mol. The van der Waals surface area contributed by atoms with Crippen molar-refractivity contribution in [1.29, 1.82) is 0 Å². The maximum Gasteiger partial charge on any atom is 0.407 e. The van der Waals surface area contributed by atoms with Crippen LogP contribution in [0.5, 0.6) is 0 Å². The van der Waals surface area contributed by atoms with Gasteiger partial charge in [-0.05, 0) is 18.4 Å². The summed E-state index contributed by atoms with van der Waals surface area (Å²) in [5, 5.41) is 2.64. The van der Waals surface area contributed by atoms with E-state index in [4.69, 9.17) is 61.6 Å². The number of alkyl carbamates (subject to hydrolysis) is 1. The van der Waals surface area contributed by atoms with Crippen molar-refractivity contribution in [1.82, 2.24) is 5.32 Å². The molecule has 0 saturated heterocycles. The van der Waals surface area contributed by atoms with Crippen LogP contribution in [0.2, 0.25) is 0 Å². The van der Waals surface area contributed by atoms with E-state index in [0.29, 0.717) is 152 Å². The first-order valence-corrected chi connectivity index (χ1v) is 20.1. The third-order valence-electron chi connectivity index (χ3n) is 7.65. The SMILES string of the molecule is CCCCC(CC)C(=O)OCCOCCOCCOCCOCCOCCOCCOCCOCCOCCOCCOCCNC(=O)OCc1ccccc1. The van der Waals surface area contributed by atoms with Gasteiger partial charge >= 0.3 is 12.1 Å². The second-order valence-corrected chi connectivity index (χ2v) is 12.1. The van der Waals surface area contributed by atoms with E-state index in [0.717, 1.165) is 31.2 Å². The first kappa shape index (κ1) is 51.5. The van der Waals surface area contributed by atoms with Crippen molar-refractivity contribution in [2.45, 2.75) is 46.1 Å². The van der Waals surface area contributed by atoms with E-state index < -0.39 is 6.09 Å². The molecule has 1 aromatic rings. The van der Waals surface area contributed by atoms with E-state index in [9.17, 15) is 9.59 Å². The molecule has 56 heavy (non-hydrogen) atoms. The number of hydrogen-bond donors (Lipinski definition) is 1. The summed E-state index contributed by atoms with van der Waals surface area (Å²) in [5.41, 5.74) is 0.935. The van der Waals surface area contributed by atoms with E-state index in [1.165, 1.54) is 0 Å². The van der Waals surface area contributed by atoms with Gasteiger partial charge in [0.1, 0.15) is 13.2 Å². The number of unbranched alkanes of at least 4 members (excludes halogenated alkanes) is 1. The molecule has 0 spiro atoms. The Bertz CT molecular complexity index is 978. The molecule has 326 valence electrons. The molecule has 16 heteroatoms.